The van der Waals surface area contributed by atoms with Crippen molar-refractivity contribution in [2.75, 3.05) is 20.1 Å². The van der Waals surface area contributed by atoms with Crippen molar-refractivity contribution in [2.45, 2.75) is 25.0 Å². The molecule has 0 spiro atoms. The molecule has 21 heavy (non-hydrogen) atoms. The van der Waals surface area contributed by atoms with Gasteiger partial charge in [-0.05, 0) is 24.1 Å². The summed E-state index contributed by atoms with van der Waals surface area (Å²) in [6.07, 6.45) is 0.548. The van der Waals surface area contributed by atoms with E-state index in [0.717, 1.165) is 6.42 Å². The highest BCUT2D eigenvalue weighted by Crippen LogP contribution is 2.18. The minimum atomic E-state index is -0.728. The molecular weight excluding hydrogens is 274 g/mol. The van der Waals surface area contributed by atoms with Crippen LogP contribution in [0.4, 0.5) is 5.69 Å². The summed E-state index contributed by atoms with van der Waals surface area (Å²) >= 11 is 0. The quantitative estimate of drug-likeness (QED) is 0.619. The number of carbonyl (C=O) groups is 1. The van der Waals surface area contributed by atoms with Gasteiger partial charge in [0.05, 0.1) is 11.0 Å². The highest BCUT2D eigenvalue weighted by molar-refractivity contribution is 5.76. The number of nitrogens with zero attached hydrogens (tertiary/aromatic N) is 2. The largest absolute Gasteiger partial charge is 0.387 e. The number of piperidine rings is 1. The third kappa shape index (κ3) is 3.99. The molecule has 0 aromatic heterocycles. The molecule has 1 aromatic rings. The van der Waals surface area contributed by atoms with Gasteiger partial charge >= 0.3 is 0 Å². The summed E-state index contributed by atoms with van der Waals surface area (Å²) in [5, 5.41) is 23.9. The van der Waals surface area contributed by atoms with Crippen molar-refractivity contribution in [1.82, 2.24) is 10.2 Å². The summed E-state index contributed by atoms with van der Waals surface area (Å²) in [6.45, 7) is 0.982. The first-order valence-corrected chi connectivity index (χ1v) is 6.87. The van der Waals surface area contributed by atoms with Crippen LogP contribution in [-0.2, 0) is 4.79 Å². The summed E-state index contributed by atoms with van der Waals surface area (Å²) in [6, 6.07) is 6.04. The molecule has 0 bridgehead atoms. The maximum atomic E-state index is 11.4. The lowest BCUT2D eigenvalue weighted by atomic mass is 10.0. The molecule has 1 aromatic carbocycles. The number of benzene rings is 1. The molecule has 1 heterocycles. The van der Waals surface area contributed by atoms with Gasteiger partial charge in [0.25, 0.3) is 5.69 Å². The molecular formula is C14H19N3O4. The minimum absolute atomic E-state index is 0.00586. The van der Waals surface area contributed by atoms with Gasteiger partial charge in [0.15, 0.2) is 0 Å². The molecule has 2 atom stereocenters. The first-order chi connectivity index (χ1) is 9.97. The fraction of sp³-hybridized carbons (Fsp3) is 0.500. The van der Waals surface area contributed by atoms with Crippen molar-refractivity contribution < 1.29 is 14.8 Å². The van der Waals surface area contributed by atoms with Crippen LogP contribution in [0.1, 0.15) is 24.5 Å². The topological polar surface area (TPSA) is 95.7 Å². The van der Waals surface area contributed by atoms with E-state index < -0.39 is 11.0 Å². The molecule has 1 aliphatic rings. The molecule has 0 saturated carbocycles. The summed E-state index contributed by atoms with van der Waals surface area (Å²) in [5.41, 5.74) is 0.639. The summed E-state index contributed by atoms with van der Waals surface area (Å²) < 4.78 is 0. The third-order valence-corrected chi connectivity index (χ3v) is 3.72. The van der Waals surface area contributed by atoms with Crippen LogP contribution in [0.2, 0.25) is 0 Å². The predicted octanol–water partition coefficient (Wildman–Crippen LogP) is 0.839. The van der Waals surface area contributed by atoms with E-state index in [1.807, 2.05) is 0 Å². The lowest BCUT2D eigenvalue weighted by Crippen LogP contribution is -2.47. The molecule has 2 rings (SSSR count). The van der Waals surface area contributed by atoms with Gasteiger partial charge < -0.3 is 15.3 Å². The maximum absolute atomic E-state index is 11.4. The monoisotopic (exact) mass is 293 g/mol. The van der Waals surface area contributed by atoms with Crippen LogP contribution in [0.15, 0.2) is 24.3 Å². The van der Waals surface area contributed by atoms with Crippen LogP contribution in [0.5, 0.6) is 0 Å². The Balaban J connectivity index is 1.85. The number of amides is 1. The van der Waals surface area contributed by atoms with Gasteiger partial charge in [0.2, 0.25) is 5.91 Å². The third-order valence-electron chi connectivity index (χ3n) is 3.72. The van der Waals surface area contributed by atoms with Crippen molar-refractivity contribution in [2.24, 2.45) is 0 Å². The molecule has 1 fully saturated rings. The average Bonchev–Trinajstić information content (AvgIpc) is 2.48. The second-order valence-electron chi connectivity index (χ2n) is 5.28. The van der Waals surface area contributed by atoms with Gasteiger partial charge in [-0.3, -0.25) is 14.9 Å². The smallest absolute Gasteiger partial charge is 0.269 e. The van der Waals surface area contributed by atoms with Crippen LogP contribution in [0.25, 0.3) is 0 Å². The summed E-state index contributed by atoms with van der Waals surface area (Å²) in [7, 11) is 1.77. The van der Waals surface area contributed by atoms with Crippen LogP contribution in [0, 0.1) is 10.1 Å². The van der Waals surface area contributed by atoms with Gasteiger partial charge in [-0.25, -0.2) is 0 Å². The number of likely N-dealkylation sites (N-methyl/N-ethyl adjacent to an activating group) is 1. The van der Waals surface area contributed by atoms with E-state index in [0.29, 0.717) is 25.1 Å². The lowest BCUT2D eigenvalue weighted by Gasteiger charge is -2.30. The Labute approximate surface area is 122 Å². The summed E-state index contributed by atoms with van der Waals surface area (Å²) in [4.78, 5) is 23.2. The highest BCUT2D eigenvalue weighted by atomic mass is 16.6. The number of aliphatic hydroxyl groups excluding tert-OH is 1. The van der Waals surface area contributed by atoms with E-state index in [1.54, 1.807) is 24.1 Å². The van der Waals surface area contributed by atoms with E-state index in [-0.39, 0.29) is 17.6 Å². The van der Waals surface area contributed by atoms with E-state index in [2.05, 4.69) is 5.32 Å². The van der Waals surface area contributed by atoms with Crippen molar-refractivity contribution in [3.63, 3.8) is 0 Å². The van der Waals surface area contributed by atoms with Gasteiger partial charge in [0, 0.05) is 44.7 Å². The number of likely N-dealkylation sites (tertiary alicyclic amines) is 1. The van der Waals surface area contributed by atoms with E-state index in [1.165, 1.54) is 12.1 Å². The predicted molar refractivity (Wildman–Crippen MR) is 76.7 cm³/mol. The second kappa shape index (κ2) is 6.64. The minimum Gasteiger partial charge on any atom is -0.387 e. The molecule has 0 aliphatic carbocycles. The van der Waals surface area contributed by atoms with Crippen LogP contribution in [0.3, 0.4) is 0 Å². The normalized spacial score (nSPS) is 20.4. The SMILES string of the molecule is CN1CC(NCC(O)c2ccc([N+](=O)[O-])cc2)CCC1=O. The Hall–Kier alpha value is -1.99. The zero-order valence-corrected chi connectivity index (χ0v) is 11.9. The van der Waals surface area contributed by atoms with Crippen molar-refractivity contribution in [3.8, 4) is 0 Å². The van der Waals surface area contributed by atoms with Gasteiger partial charge in [-0.2, -0.15) is 0 Å². The number of nitrogens with one attached hydrogen (secondary N) is 1. The maximum Gasteiger partial charge on any atom is 0.269 e. The molecule has 2 unspecified atom stereocenters. The number of non-ortho nitro benzene ring substituents is 1. The Kier molecular flexibility index (Phi) is 4.87. The zero-order chi connectivity index (χ0) is 15.4. The summed E-state index contributed by atoms with van der Waals surface area (Å²) in [5.74, 6) is 0.143. The average molecular weight is 293 g/mol. The molecule has 1 amide bonds. The number of nitro groups is 1. The molecule has 7 heteroatoms. The number of hydrogen-bond acceptors (Lipinski definition) is 5. The molecule has 7 nitrogen and oxygen atoms in total. The van der Waals surface area contributed by atoms with Crippen molar-refractivity contribution >= 4 is 11.6 Å². The van der Waals surface area contributed by atoms with E-state index >= 15 is 0 Å². The Morgan fingerprint density at radius 2 is 2.14 bits per heavy atom. The van der Waals surface area contributed by atoms with Crippen LogP contribution < -0.4 is 5.32 Å². The van der Waals surface area contributed by atoms with E-state index in [9.17, 15) is 20.0 Å². The molecule has 2 N–H and O–H groups in total. The first kappa shape index (κ1) is 15.4. The first-order valence-electron chi connectivity index (χ1n) is 6.87. The number of nitro benzene ring substituents is 1. The number of hydrogen-bond donors (Lipinski definition) is 2. The fourth-order valence-corrected chi connectivity index (χ4v) is 2.39. The zero-order valence-electron chi connectivity index (χ0n) is 11.9. The molecule has 1 aliphatic heterocycles. The van der Waals surface area contributed by atoms with E-state index in [4.69, 9.17) is 0 Å². The standard InChI is InChI=1S/C14H19N3O4/c1-16-9-11(4-7-14(16)19)15-8-13(18)10-2-5-12(6-3-10)17(20)21/h2-3,5-6,11,13,15,18H,4,7-9H2,1H3. The van der Waals surface area contributed by atoms with Crippen LogP contribution in [-0.4, -0.2) is 47.0 Å². The highest BCUT2D eigenvalue weighted by Gasteiger charge is 2.23. The van der Waals surface area contributed by atoms with Crippen molar-refractivity contribution in [3.05, 3.63) is 39.9 Å². The fourth-order valence-electron chi connectivity index (χ4n) is 2.39. The molecule has 0 radical (unpaired) electrons. The van der Waals surface area contributed by atoms with Gasteiger partial charge in [-0.1, -0.05) is 0 Å². The Morgan fingerprint density at radius 1 is 1.48 bits per heavy atom. The molecule has 1 saturated heterocycles. The van der Waals surface area contributed by atoms with Crippen molar-refractivity contribution in [1.29, 1.82) is 0 Å². The second-order valence-corrected chi connectivity index (χ2v) is 5.28. The lowest BCUT2D eigenvalue weighted by molar-refractivity contribution is -0.384. The number of aliphatic hydroxyl groups is 1. The van der Waals surface area contributed by atoms with Gasteiger partial charge in [-0.15, -0.1) is 0 Å². The number of rotatable bonds is 5. The van der Waals surface area contributed by atoms with Gasteiger partial charge in [0.1, 0.15) is 0 Å². The Morgan fingerprint density at radius 3 is 2.71 bits per heavy atom. The molecule has 114 valence electrons. The van der Waals surface area contributed by atoms with Crippen LogP contribution >= 0.6 is 0 Å². The Bertz CT molecular complexity index is 517. The number of carbonyl (C=O) groups excluding carboxylic acids is 1.